The molecule has 0 heterocycles. The largest absolute Gasteiger partial charge is 0.468 e. The molecule has 2 aromatic carbocycles. The van der Waals surface area contributed by atoms with Gasteiger partial charge in [0.05, 0.1) is 7.11 Å². The van der Waals surface area contributed by atoms with Crippen LogP contribution in [-0.2, 0) is 22.6 Å². The third-order valence-corrected chi connectivity index (χ3v) is 5.65. The van der Waals surface area contributed by atoms with E-state index in [0.29, 0.717) is 5.92 Å². The Morgan fingerprint density at radius 1 is 0.926 bits per heavy atom. The van der Waals surface area contributed by atoms with E-state index in [-0.39, 0.29) is 12.0 Å². The average molecular weight is 366 g/mol. The molecule has 0 aliphatic heterocycles. The zero-order chi connectivity index (χ0) is 18.9. The Morgan fingerprint density at radius 3 is 1.93 bits per heavy atom. The summed E-state index contributed by atoms with van der Waals surface area (Å²) in [5.41, 5.74) is 2.46. The molecule has 0 bridgehead atoms. The van der Waals surface area contributed by atoms with Crippen LogP contribution < -0.4 is 0 Å². The van der Waals surface area contributed by atoms with Gasteiger partial charge in [-0.05, 0) is 23.5 Å². The van der Waals surface area contributed by atoms with Crippen LogP contribution in [0.5, 0.6) is 0 Å². The van der Waals surface area contributed by atoms with E-state index in [1.54, 1.807) is 0 Å². The van der Waals surface area contributed by atoms with E-state index in [9.17, 15) is 4.79 Å². The van der Waals surface area contributed by atoms with Gasteiger partial charge in [-0.2, -0.15) is 0 Å². The van der Waals surface area contributed by atoms with Crippen molar-refractivity contribution in [3.8, 4) is 0 Å². The van der Waals surface area contributed by atoms with Crippen molar-refractivity contribution in [2.24, 2.45) is 5.92 Å². The van der Waals surface area contributed by atoms with Crippen molar-refractivity contribution in [2.75, 3.05) is 7.11 Å². The molecule has 1 aliphatic rings. The number of hydrogen-bond acceptors (Lipinski definition) is 3. The zero-order valence-electron chi connectivity index (χ0n) is 16.3. The molecule has 1 aliphatic carbocycles. The maximum Gasteiger partial charge on any atom is 0.323 e. The first-order valence-corrected chi connectivity index (χ1v) is 10.2. The fourth-order valence-corrected chi connectivity index (χ4v) is 4.18. The van der Waals surface area contributed by atoms with Crippen molar-refractivity contribution in [2.45, 2.75) is 57.7 Å². The van der Waals surface area contributed by atoms with Gasteiger partial charge in [-0.15, -0.1) is 0 Å². The fraction of sp³-hybridized carbons (Fsp3) is 0.458. The lowest BCUT2D eigenvalue weighted by molar-refractivity contribution is -0.148. The van der Waals surface area contributed by atoms with Gasteiger partial charge in [-0.1, -0.05) is 92.8 Å². The highest BCUT2D eigenvalue weighted by atomic mass is 16.5. The molecule has 0 N–H and O–H groups in total. The van der Waals surface area contributed by atoms with Crippen molar-refractivity contribution < 1.29 is 9.53 Å². The molecule has 3 heteroatoms. The first-order chi connectivity index (χ1) is 13.3. The van der Waals surface area contributed by atoms with Gasteiger partial charge in [0.25, 0.3) is 0 Å². The van der Waals surface area contributed by atoms with Crippen LogP contribution in [-0.4, -0.2) is 24.0 Å². The zero-order valence-corrected chi connectivity index (χ0v) is 16.3. The number of ether oxygens (including phenoxy) is 1. The summed E-state index contributed by atoms with van der Waals surface area (Å²) in [7, 11) is 1.51. The Morgan fingerprint density at radius 2 is 1.44 bits per heavy atom. The Labute approximate surface area is 163 Å². The SMILES string of the molecule is COC(=O)[C@H](CC1CCCCC1)N(Cc1ccccc1)Cc1ccccc1. The third-order valence-electron chi connectivity index (χ3n) is 5.65. The summed E-state index contributed by atoms with van der Waals surface area (Å²) in [6, 6.07) is 20.6. The van der Waals surface area contributed by atoms with Crippen molar-refractivity contribution in [1.82, 2.24) is 4.90 Å². The number of hydrogen-bond donors (Lipinski definition) is 0. The van der Waals surface area contributed by atoms with Gasteiger partial charge >= 0.3 is 5.97 Å². The summed E-state index contributed by atoms with van der Waals surface area (Å²) in [5, 5.41) is 0. The summed E-state index contributed by atoms with van der Waals surface area (Å²) in [5.74, 6) is 0.518. The highest BCUT2D eigenvalue weighted by Crippen LogP contribution is 2.30. The van der Waals surface area contributed by atoms with Gasteiger partial charge in [0.2, 0.25) is 0 Å². The predicted octanol–water partition coefficient (Wildman–Crippen LogP) is 5.20. The first kappa shape index (κ1) is 19.6. The lowest BCUT2D eigenvalue weighted by Crippen LogP contribution is -2.42. The van der Waals surface area contributed by atoms with Crippen LogP contribution in [0.4, 0.5) is 0 Å². The maximum absolute atomic E-state index is 12.7. The first-order valence-electron chi connectivity index (χ1n) is 10.2. The van der Waals surface area contributed by atoms with Crippen molar-refractivity contribution >= 4 is 5.97 Å². The van der Waals surface area contributed by atoms with Crippen LogP contribution in [0.3, 0.4) is 0 Å². The quantitative estimate of drug-likeness (QED) is 0.602. The molecule has 0 aromatic heterocycles. The summed E-state index contributed by atoms with van der Waals surface area (Å²) in [6.07, 6.45) is 7.27. The summed E-state index contributed by atoms with van der Waals surface area (Å²) < 4.78 is 5.23. The molecule has 3 nitrogen and oxygen atoms in total. The highest BCUT2D eigenvalue weighted by molar-refractivity contribution is 5.75. The molecule has 1 saturated carbocycles. The molecule has 144 valence electrons. The number of rotatable bonds is 8. The molecule has 0 spiro atoms. The standard InChI is InChI=1S/C24H31NO2/c1-27-24(26)23(17-20-11-5-2-6-12-20)25(18-21-13-7-3-8-14-21)19-22-15-9-4-10-16-22/h3-4,7-10,13-16,20,23H,2,5-6,11-12,17-19H2,1H3/t23-/m0/s1. The van der Waals surface area contributed by atoms with E-state index in [1.807, 2.05) is 12.1 Å². The molecule has 27 heavy (non-hydrogen) atoms. The van der Waals surface area contributed by atoms with Crippen LogP contribution in [0.2, 0.25) is 0 Å². The highest BCUT2D eigenvalue weighted by Gasteiger charge is 2.30. The van der Waals surface area contributed by atoms with Gasteiger partial charge in [-0.25, -0.2) is 0 Å². The molecular formula is C24H31NO2. The number of carbonyl (C=O) groups is 1. The monoisotopic (exact) mass is 365 g/mol. The van der Waals surface area contributed by atoms with E-state index >= 15 is 0 Å². The summed E-state index contributed by atoms with van der Waals surface area (Å²) >= 11 is 0. The molecule has 1 fully saturated rings. The second-order valence-electron chi connectivity index (χ2n) is 7.65. The molecule has 0 amide bonds. The number of methoxy groups -OCH3 is 1. The number of carbonyl (C=O) groups excluding carboxylic acids is 1. The van der Waals surface area contributed by atoms with Gasteiger partial charge < -0.3 is 4.74 Å². The molecule has 0 saturated heterocycles. The molecule has 3 rings (SSSR count). The number of esters is 1. The second-order valence-corrected chi connectivity index (χ2v) is 7.65. The minimum atomic E-state index is -0.196. The smallest absolute Gasteiger partial charge is 0.323 e. The number of nitrogens with zero attached hydrogens (tertiary/aromatic N) is 1. The van der Waals surface area contributed by atoms with Crippen molar-refractivity contribution in [3.05, 3.63) is 71.8 Å². The summed E-state index contributed by atoms with van der Waals surface area (Å²) in [4.78, 5) is 15.0. The van der Waals surface area contributed by atoms with Gasteiger partial charge in [-0.3, -0.25) is 9.69 Å². The lowest BCUT2D eigenvalue weighted by atomic mass is 9.84. The van der Waals surface area contributed by atoms with E-state index in [2.05, 4.69) is 53.4 Å². The molecule has 1 atom stereocenters. The Kier molecular flexibility index (Phi) is 7.46. The van der Waals surface area contributed by atoms with Crippen LogP contribution in [0.25, 0.3) is 0 Å². The van der Waals surface area contributed by atoms with E-state index < -0.39 is 0 Å². The van der Waals surface area contributed by atoms with Crippen molar-refractivity contribution in [3.63, 3.8) is 0 Å². The van der Waals surface area contributed by atoms with E-state index in [0.717, 1.165) is 19.5 Å². The van der Waals surface area contributed by atoms with Crippen LogP contribution >= 0.6 is 0 Å². The Balaban J connectivity index is 1.82. The molecule has 2 aromatic rings. The Bertz CT molecular complexity index is 639. The lowest BCUT2D eigenvalue weighted by Gasteiger charge is -2.33. The molecule has 0 unspecified atom stereocenters. The Hall–Kier alpha value is -2.13. The van der Waals surface area contributed by atoms with Gasteiger partial charge in [0.1, 0.15) is 6.04 Å². The van der Waals surface area contributed by atoms with Crippen LogP contribution in [0.1, 0.15) is 49.7 Å². The van der Waals surface area contributed by atoms with Crippen molar-refractivity contribution in [1.29, 1.82) is 0 Å². The predicted molar refractivity (Wildman–Crippen MR) is 109 cm³/mol. The molecule has 0 radical (unpaired) electrons. The van der Waals surface area contributed by atoms with E-state index in [1.165, 1.54) is 50.3 Å². The summed E-state index contributed by atoms with van der Waals surface area (Å²) in [6.45, 7) is 1.50. The minimum absolute atomic E-state index is 0.104. The molecular weight excluding hydrogens is 334 g/mol. The number of benzene rings is 2. The van der Waals surface area contributed by atoms with Crippen LogP contribution in [0.15, 0.2) is 60.7 Å². The van der Waals surface area contributed by atoms with Gasteiger partial charge in [0.15, 0.2) is 0 Å². The maximum atomic E-state index is 12.7. The fourth-order valence-electron chi connectivity index (χ4n) is 4.18. The topological polar surface area (TPSA) is 29.5 Å². The third kappa shape index (κ3) is 5.93. The van der Waals surface area contributed by atoms with Gasteiger partial charge in [0, 0.05) is 13.1 Å². The van der Waals surface area contributed by atoms with E-state index in [4.69, 9.17) is 4.74 Å². The second kappa shape index (κ2) is 10.3. The average Bonchev–Trinajstić information content (AvgIpc) is 2.73. The van der Waals surface area contributed by atoms with Crippen LogP contribution in [0, 0.1) is 5.92 Å². The normalized spacial score (nSPS) is 16.2. The minimum Gasteiger partial charge on any atom is -0.468 e.